The molecule has 2 rings (SSSR count). The molecule has 1 aromatic heterocycles. The van der Waals surface area contributed by atoms with E-state index >= 15 is 0 Å². The first-order chi connectivity index (χ1) is 9.56. The van der Waals surface area contributed by atoms with Gasteiger partial charge >= 0.3 is 0 Å². The highest BCUT2D eigenvalue weighted by Crippen LogP contribution is 2.31. The van der Waals surface area contributed by atoms with Gasteiger partial charge in [-0.05, 0) is 37.3 Å². The van der Waals surface area contributed by atoms with E-state index in [2.05, 4.69) is 4.98 Å². The molecule has 0 spiro atoms. The second-order valence-corrected chi connectivity index (χ2v) is 4.70. The fourth-order valence-corrected chi connectivity index (χ4v) is 2.19. The van der Waals surface area contributed by atoms with E-state index in [4.69, 9.17) is 27.4 Å². The van der Waals surface area contributed by atoms with Gasteiger partial charge in [-0.25, -0.2) is 0 Å². The van der Waals surface area contributed by atoms with Crippen LogP contribution in [-0.2, 0) is 0 Å². The molecule has 4 nitrogen and oxygen atoms in total. The first-order valence-corrected chi connectivity index (χ1v) is 6.47. The summed E-state index contributed by atoms with van der Waals surface area (Å²) in [6, 6.07) is 9.46. The summed E-state index contributed by atoms with van der Waals surface area (Å²) >= 11 is 4.98. The normalized spacial score (nSPS) is 10.2. The molecule has 5 heteroatoms. The van der Waals surface area contributed by atoms with Gasteiger partial charge in [-0.1, -0.05) is 12.2 Å². The van der Waals surface area contributed by atoms with Crippen LogP contribution in [0.4, 0.5) is 0 Å². The molecule has 104 valence electrons. The summed E-state index contributed by atoms with van der Waals surface area (Å²) in [6.07, 6.45) is 0. The third-order valence-electron chi connectivity index (χ3n) is 3.03. The number of aryl methyl sites for hydroxylation is 1. The zero-order valence-electron chi connectivity index (χ0n) is 11.6. The molecule has 0 amide bonds. The number of pyridine rings is 1. The van der Waals surface area contributed by atoms with Crippen LogP contribution in [0.2, 0.25) is 0 Å². The summed E-state index contributed by atoms with van der Waals surface area (Å²) in [5.41, 5.74) is 9.03. The van der Waals surface area contributed by atoms with Crippen molar-refractivity contribution in [1.82, 2.24) is 4.98 Å². The van der Waals surface area contributed by atoms with Crippen molar-refractivity contribution in [2.75, 3.05) is 14.2 Å². The molecule has 0 aliphatic rings. The molecular weight excluding hydrogens is 272 g/mol. The Morgan fingerprint density at radius 3 is 2.35 bits per heavy atom. The average Bonchev–Trinajstić information content (AvgIpc) is 2.45. The van der Waals surface area contributed by atoms with Gasteiger partial charge in [-0.2, -0.15) is 0 Å². The van der Waals surface area contributed by atoms with E-state index in [-0.39, 0.29) is 0 Å². The molecule has 1 aromatic carbocycles. The molecule has 0 saturated carbocycles. The summed E-state index contributed by atoms with van der Waals surface area (Å²) in [5, 5.41) is 0. The third kappa shape index (κ3) is 2.72. The highest BCUT2D eigenvalue weighted by molar-refractivity contribution is 7.80. The smallest absolute Gasteiger partial charge is 0.161 e. The van der Waals surface area contributed by atoms with E-state index < -0.39 is 0 Å². The Morgan fingerprint density at radius 1 is 1.10 bits per heavy atom. The molecule has 1 heterocycles. The van der Waals surface area contributed by atoms with E-state index in [0.717, 1.165) is 22.5 Å². The van der Waals surface area contributed by atoms with Crippen LogP contribution in [0.1, 0.15) is 11.3 Å². The van der Waals surface area contributed by atoms with Crippen molar-refractivity contribution >= 4 is 17.2 Å². The van der Waals surface area contributed by atoms with E-state index in [0.29, 0.717) is 16.5 Å². The Bertz CT molecular complexity index is 656. The zero-order chi connectivity index (χ0) is 14.7. The lowest BCUT2D eigenvalue weighted by Gasteiger charge is -2.10. The van der Waals surface area contributed by atoms with Gasteiger partial charge in [-0.3, -0.25) is 4.98 Å². The summed E-state index contributed by atoms with van der Waals surface area (Å²) in [5.74, 6) is 1.36. The van der Waals surface area contributed by atoms with E-state index in [1.165, 1.54) is 0 Å². The molecule has 0 atom stereocenters. The van der Waals surface area contributed by atoms with Gasteiger partial charge in [0.05, 0.1) is 19.9 Å². The van der Waals surface area contributed by atoms with Crippen LogP contribution < -0.4 is 15.2 Å². The highest BCUT2D eigenvalue weighted by Gasteiger charge is 2.09. The molecule has 0 fully saturated rings. The lowest BCUT2D eigenvalue weighted by atomic mass is 10.1. The van der Waals surface area contributed by atoms with Crippen molar-refractivity contribution in [2.24, 2.45) is 5.73 Å². The lowest BCUT2D eigenvalue weighted by Crippen LogP contribution is -2.12. The molecule has 20 heavy (non-hydrogen) atoms. The molecular formula is C15H16N2O2S. The van der Waals surface area contributed by atoms with Crippen molar-refractivity contribution in [3.8, 4) is 22.8 Å². The van der Waals surface area contributed by atoms with Gasteiger partial charge < -0.3 is 15.2 Å². The Hall–Kier alpha value is -2.14. The predicted octanol–water partition coefficient (Wildman–Crippen LogP) is 2.71. The molecule has 2 N–H and O–H groups in total. The van der Waals surface area contributed by atoms with E-state index in [1.54, 1.807) is 14.2 Å². The Kier molecular flexibility index (Phi) is 4.20. The number of nitrogens with two attached hydrogens (primary N) is 1. The minimum absolute atomic E-state index is 0.355. The first kappa shape index (κ1) is 14.3. The van der Waals surface area contributed by atoms with Crippen molar-refractivity contribution in [3.63, 3.8) is 0 Å². The largest absolute Gasteiger partial charge is 0.493 e. The average molecular weight is 288 g/mol. The number of nitrogens with zero attached hydrogens (tertiary/aromatic N) is 1. The summed E-state index contributed by atoms with van der Waals surface area (Å²) in [4.78, 5) is 4.89. The van der Waals surface area contributed by atoms with Crippen LogP contribution >= 0.6 is 12.2 Å². The maximum absolute atomic E-state index is 5.64. The number of rotatable bonds is 4. The number of hydrogen-bond donors (Lipinski definition) is 1. The van der Waals surface area contributed by atoms with Crippen LogP contribution in [0.5, 0.6) is 11.5 Å². The van der Waals surface area contributed by atoms with Gasteiger partial charge in [0.25, 0.3) is 0 Å². The zero-order valence-corrected chi connectivity index (χ0v) is 12.5. The van der Waals surface area contributed by atoms with Crippen LogP contribution in [-0.4, -0.2) is 24.2 Å². The van der Waals surface area contributed by atoms with E-state index in [9.17, 15) is 0 Å². The summed E-state index contributed by atoms with van der Waals surface area (Å²) in [6.45, 7) is 1.89. The second-order valence-electron chi connectivity index (χ2n) is 4.26. The van der Waals surface area contributed by atoms with Crippen molar-refractivity contribution in [2.45, 2.75) is 6.92 Å². The molecule has 0 radical (unpaired) electrons. The minimum Gasteiger partial charge on any atom is -0.493 e. The van der Waals surface area contributed by atoms with Crippen LogP contribution in [0.25, 0.3) is 11.3 Å². The molecule has 0 aliphatic heterocycles. The SMILES string of the molecule is COc1ccc(-c2ccc(C(N)=S)c(C)n2)cc1OC. The third-order valence-corrected chi connectivity index (χ3v) is 3.25. The maximum Gasteiger partial charge on any atom is 0.161 e. The number of benzene rings is 1. The molecule has 2 aromatic rings. The summed E-state index contributed by atoms with van der Waals surface area (Å²) in [7, 11) is 3.22. The molecule has 0 aliphatic carbocycles. The standard InChI is InChI=1S/C15H16N2O2S/c1-9-11(15(16)20)5-6-12(17-9)10-4-7-13(18-2)14(8-10)19-3/h4-8H,1-3H3,(H2,16,20). The van der Waals surface area contributed by atoms with Gasteiger partial charge in [-0.15, -0.1) is 0 Å². The summed E-state index contributed by atoms with van der Waals surface area (Å²) < 4.78 is 10.5. The van der Waals surface area contributed by atoms with Crippen LogP contribution in [0.3, 0.4) is 0 Å². The lowest BCUT2D eigenvalue weighted by molar-refractivity contribution is 0.355. The number of aromatic nitrogens is 1. The fraction of sp³-hybridized carbons (Fsp3) is 0.200. The molecule has 0 unspecified atom stereocenters. The fourth-order valence-electron chi connectivity index (χ4n) is 1.98. The Morgan fingerprint density at radius 2 is 1.80 bits per heavy atom. The van der Waals surface area contributed by atoms with Gasteiger partial charge in [0.1, 0.15) is 4.99 Å². The van der Waals surface area contributed by atoms with Crippen molar-refractivity contribution in [1.29, 1.82) is 0 Å². The Balaban J connectivity index is 2.46. The monoisotopic (exact) mass is 288 g/mol. The number of thiocarbonyl (C=S) groups is 1. The number of ether oxygens (including phenoxy) is 2. The van der Waals surface area contributed by atoms with Crippen molar-refractivity contribution in [3.05, 3.63) is 41.6 Å². The van der Waals surface area contributed by atoms with Gasteiger partial charge in [0.15, 0.2) is 11.5 Å². The van der Waals surface area contributed by atoms with Crippen LogP contribution in [0, 0.1) is 6.92 Å². The minimum atomic E-state index is 0.355. The highest BCUT2D eigenvalue weighted by atomic mass is 32.1. The maximum atomic E-state index is 5.64. The van der Waals surface area contributed by atoms with Crippen LogP contribution in [0.15, 0.2) is 30.3 Å². The number of hydrogen-bond acceptors (Lipinski definition) is 4. The number of methoxy groups -OCH3 is 2. The second kappa shape index (κ2) is 5.88. The van der Waals surface area contributed by atoms with Gasteiger partial charge in [0.2, 0.25) is 0 Å². The van der Waals surface area contributed by atoms with Crippen molar-refractivity contribution < 1.29 is 9.47 Å². The Labute approximate surface area is 123 Å². The topological polar surface area (TPSA) is 57.4 Å². The molecule has 0 bridgehead atoms. The molecule has 0 saturated heterocycles. The first-order valence-electron chi connectivity index (χ1n) is 6.06. The van der Waals surface area contributed by atoms with E-state index in [1.807, 2.05) is 37.3 Å². The quantitative estimate of drug-likeness (QED) is 0.877. The predicted molar refractivity (Wildman–Crippen MR) is 83.4 cm³/mol. The van der Waals surface area contributed by atoms with Gasteiger partial charge in [0, 0.05) is 16.8 Å².